The summed E-state index contributed by atoms with van der Waals surface area (Å²) in [5.41, 5.74) is -0.126. The van der Waals surface area contributed by atoms with Crippen LogP contribution in [0.25, 0.3) is 0 Å². The Morgan fingerprint density at radius 2 is 2.50 bits per heavy atom. The Morgan fingerprint density at radius 3 is 3.08 bits per heavy atom. The van der Waals surface area contributed by atoms with Gasteiger partial charge in [-0.05, 0) is 0 Å². The fourth-order valence-electron chi connectivity index (χ4n) is 0.908. The molecule has 1 saturated heterocycles. The molecule has 0 spiro atoms. The molecule has 1 aliphatic heterocycles. The van der Waals surface area contributed by atoms with Gasteiger partial charge in [-0.25, -0.2) is 0 Å². The van der Waals surface area contributed by atoms with Gasteiger partial charge in [-0.2, -0.15) is 0 Å². The highest BCUT2D eigenvalue weighted by atomic mass is 79.9. The minimum atomic E-state index is -0.231. The van der Waals surface area contributed by atoms with Crippen LogP contribution in [0.5, 0.6) is 0 Å². The van der Waals surface area contributed by atoms with Gasteiger partial charge in [0, 0.05) is 5.25 Å². The number of alkyl halides is 1. The molecule has 1 rings (SSSR count). The molecule has 2 atom stereocenters. The van der Waals surface area contributed by atoms with E-state index in [4.69, 9.17) is 9.47 Å². The van der Waals surface area contributed by atoms with E-state index in [2.05, 4.69) is 22.9 Å². The van der Waals surface area contributed by atoms with Crippen LogP contribution in [0.3, 0.4) is 0 Å². The van der Waals surface area contributed by atoms with E-state index in [1.807, 2.05) is 0 Å². The van der Waals surface area contributed by atoms with Crippen molar-refractivity contribution in [2.45, 2.75) is 17.6 Å². The first-order valence-electron chi connectivity index (χ1n) is 3.71. The maximum absolute atomic E-state index is 10.8. The van der Waals surface area contributed by atoms with E-state index in [0.29, 0.717) is 11.9 Å². The Hall–Kier alpha value is 0.260. The van der Waals surface area contributed by atoms with Crippen LogP contribution in [-0.2, 0) is 14.3 Å². The fourth-order valence-corrected chi connectivity index (χ4v) is 2.07. The molecule has 5 heteroatoms. The molecule has 0 aromatic heterocycles. The van der Waals surface area contributed by atoms with Gasteiger partial charge in [0.25, 0.3) is 0 Å². The first-order chi connectivity index (χ1) is 5.72. The molecule has 0 N–H and O–H groups in total. The molecule has 0 radical (unpaired) electrons. The van der Waals surface area contributed by atoms with Gasteiger partial charge in [-0.3, -0.25) is 4.79 Å². The second-order valence-corrected chi connectivity index (χ2v) is 4.70. The summed E-state index contributed by atoms with van der Waals surface area (Å²) in [5.74, 6) is -0.231. The topological polar surface area (TPSA) is 35.5 Å². The van der Waals surface area contributed by atoms with Gasteiger partial charge in [0.05, 0.1) is 13.2 Å². The molecule has 0 aromatic rings. The Balaban J connectivity index is 2.27. The van der Waals surface area contributed by atoms with E-state index in [1.165, 1.54) is 0 Å². The van der Waals surface area contributed by atoms with E-state index >= 15 is 0 Å². The van der Waals surface area contributed by atoms with E-state index in [0.717, 1.165) is 6.61 Å². The third-order valence-electron chi connectivity index (χ3n) is 1.36. The van der Waals surface area contributed by atoms with Gasteiger partial charge in [0.2, 0.25) is 0 Å². The van der Waals surface area contributed by atoms with Crippen LogP contribution in [0.2, 0.25) is 0 Å². The Morgan fingerprint density at radius 1 is 1.75 bits per heavy atom. The standard InChI is InChI=1S/C7H11BrO3S/c1-5-3-10-4-7(12-5)11-6(9)2-8/h5,7H,2-4H2,1H3. The van der Waals surface area contributed by atoms with Crippen molar-refractivity contribution >= 4 is 33.7 Å². The number of hydrogen-bond donors (Lipinski definition) is 0. The molecule has 0 amide bonds. The van der Waals surface area contributed by atoms with Crippen molar-refractivity contribution < 1.29 is 14.3 Å². The second-order valence-electron chi connectivity index (χ2n) is 2.54. The summed E-state index contributed by atoms with van der Waals surface area (Å²) >= 11 is 4.67. The smallest absolute Gasteiger partial charge is 0.317 e. The van der Waals surface area contributed by atoms with Crippen LogP contribution in [0.15, 0.2) is 0 Å². The van der Waals surface area contributed by atoms with Crippen LogP contribution < -0.4 is 0 Å². The zero-order valence-corrected chi connectivity index (χ0v) is 9.19. The molecule has 1 aliphatic rings. The van der Waals surface area contributed by atoms with Crippen molar-refractivity contribution in [1.82, 2.24) is 0 Å². The maximum atomic E-state index is 10.8. The molecule has 2 unspecified atom stereocenters. The molecular weight excluding hydrogens is 244 g/mol. The predicted molar refractivity (Wildman–Crippen MR) is 51.5 cm³/mol. The van der Waals surface area contributed by atoms with Crippen LogP contribution in [-0.4, -0.2) is 35.2 Å². The van der Waals surface area contributed by atoms with Crippen molar-refractivity contribution in [2.24, 2.45) is 0 Å². The average molecular weight is 255 g/mol. The number of ether oxygens (including phenoxy) is 2. The molecule has 12 heavy (non-hydrogen) atoms. The van der Waals surface area contributed by atoms with Gasteiger partial charge in [0.1, 0.15) is 5.33 Å². The lowest BCUT2D eigenvalue weighted by molar-refractivity contribution is -0.144. The average Bonchev–Trinajstić information content (AvgIpc) is 2.04. The summed E-state index contributed by atoms with van der Waals surface area (Å²) in [5, 5.41) is 0.658. The minimum absolute atomic E-state index is 0.126. The zero-order chi connectivity index (χ0) is 8.97. The minimum Gasteiger partial charge on any atom is -0.448 e. The molecular formula is C7H11BrO3S. The number of carbonyl (C=O) groups excluding carboxylic acids is 1. The molecule has 0 aromatic carbocycles. The third-order valence-corrected chi connectivity index (χ3v) is 2.96. The van der Waals surface area contributed by atoms with Crippen molar-refractivity contribution in [1.29, 1.82) is 0 Å². The number of rotatable bonds is 2. The lowest BCUT2D eigenvalue weighted by atomic mass is 10.5. The van der Waals surface area contributed by atoms with Gasteiger partial charge in [-0.1, -0.05) is 22.9 Å². The van der Waals surface area contributed by atoms with E-state index in [-0.39, 0.29) is 16.7 Å². The number of hydrogen-bond acceptors (Lipinski definition) is 4. The predicted octanol–water partition coefficient (Wildman–Crippen LogP) is 1.40. The molecule has 1 fully saturated rings. The van der Waals surface area contributed by atoms with E-state index < -0.39 is 0 Å². The summed E-state index contributed by atoms with van der Waals surface area (Å²) < 4.78 is 10.3. The molecule has 0 aliphatic carbocycles. The van der Waals surface area contributed by atoms with Crippen LogP contribution in [0, 0.1) is 0 Å². The molecule has 0 bridgehead atoms. The third kappa shape index (κ3) is 3.33. The zero-order valence-electron chi connectivity index (χ0n) is 6.79. The second kappa shape index (κ2) is 5.09. The number of halogens is 1. The highest BCUT2D eigenvalue weighted by Crippen LogP contribution is 2.24. The normalized spacial score (nSPS) is 29.8. The summed E-state index contributed by atoms with van der Waals surface area (Å²) in [4.78, 5) is 10.8. The van der Waals surface area contributed by atoms with Crippen LogP contribution in [0.1, 0.15) is 6.92 Å². The lowest BCUT2D eigenvalue weighted by Crippen LogP contribution is -2.30. The first kappa shape index (κ1) is 10.3. The molecule has 70 valence electrons. The number of thioether (sulfide) groups is 1. The quantitative estimate of drug-likeness (QED) is 0.552. The highest BCUT2D eigenvalue weighted by Gasteiger charge is 2.22. The van der Waals surface area contributed by atoms with Gasteiger partial charge >= 0.3 is 5.97 Å². The van der Waals surface area contributed by atoms with Crippen molar-refractivity contribution in [2.75, 3.05) is 18.5 Å². The van der Waals surface area contributed by atoms with Crippen LogP contribution in [0.4, 0.5) is 0 Å². The van der Waals surface area contributed by atoms with Gasteiger partial charge < -0.3 is 9.47 Å². The summed E-state index contributed by atoms with van der Waals surface area (Å²) in [6.45, 7) is 3.31. The first-order valence-corrected chi connectivity index (χ1v) is 5.77. The number of carbonyl (C=O) groups is 1. The van der Waals surface area contributed by atoms with Crippen molar-refractivity contribution in [3.63, 3.8) is 0 Å². The Kier molecular flexibility index (Phi) is 4.39. The molecule has 0 saturated carbocycles. The van der Waals surface area contributed by atoms with Crippen LogP contribution >= 0.6 is 27.7 Å². The largest absolute Gasteiger partial charge is 0.448 e. The van der Waals surface area contributed by atoms with Crippen molar-refractivity contribution in [3.8, 4) is 0 Å². The monoisotopic (exact) mass is 254 g/mol. The van der Waals surface area contributed by atoms with E-state index in [1.54, 1.807) is 11.8 Å². The summed E-state index contributed by atoms with van der Waals surface area (Å²) in [6.07, 6.45) is 0. The SMILES string of the molecule is CC1COCC(OC(=O)CBr)S1. The molecule has 3 nitrogen and oxygen atoms in total. The van der Waals surface area contributed by atoms with Crippen molar-refractivity contribution in [3.05, 3.63) is 0 Å². The van der Waals surface area contributed by atoms with Gasteiger partial charge in [-0.15, -0.1) is 11.8 Å². The molecule has 1 heterocycles. The maximum Gasteiger partial charge on any atom is 0.317 e. The Bertz CT molecular complexity index is 165. The highest BCUT2D eigenvalue weighted by molar-refractivity contribution is 9.09. The summed E-state index contributed by atoms with van der Waals surface area (Å²) in [7, 11) is 0. The van der Waals surface area contributed by atoms with Gasteiger partial charge in [0.15, 0.2) is 5.44 Å². The lowest BCUT2D eigenvalue weighted by Gasteiger charge is -2.25. The van der Waals surface area contributed by atoms with E-state index in [9.17, 15) is 4.79 Å². The summed E-state index contributed by atoms with van der Waals surface area (Å²) in [6, 6.07) is 0. The number of esters is 1. The fraction of sp³-hybridized carbons (Fsp3) is 0.857. The Labute approximate surface area is 84.3 Å².